The van der Waals surface area contributed by atoms with Gasteiger partial charge in [0.05, 0.1) is 5.92 Å². The number of benzene rings is 1. The van der Waals surface area contributed by atoms with Crippen LogP contribution in [0.3, 0.4) is 0 Å². The molecule has 3 atom stereocenters. The summed E-state index contributed by atoms with van der Waals surface area (Å²) in [5.41, 5.74) is 1.09. The number of carboxylic acids is 1. The van der Waals surface area contributed by atoms with Crippen LogP contribution in [0, 0.1) is 5.92 Å². The van der Waals surface area contributed by atoms with E-state index in [1.54, 1.807) is 0 Å². The van der Waals surface area contributed by atoms with Crippen molar-refractivity contribution < 1.29 is 15.0 Å². The number of aliphatic hydroxyl groups excluding tert-OH is 1. The van der Waals surface area contributed by atoms with Crippen molar-refractivity contribution in [2.24, 2.45) is 5.92 Å². The lowest BCUT2D eigenvalue weighted by Gasteiger charge is -2.27. The Hall–Kier alpha value is -1.39. The highest BCUT2D eigenvalue weighted by atomic mass is 16.4. The number of rotatable bonds is 3. The van der Waals surface area contributed by atoms with Crippen molar-refractivity contribution in [2.45, 2.75) is 25.6 Å². The first-order chi connectivity index (χ1) is 8.09. The van der Waals surface area contributed by atoms with Crippen LogP contribution >= 0.6 is 0 Å². The maximum absolute atomic E-state index is 10.9. The summed E-state index contributed by atoms with van der Waals surface area (Å²) in [6, 6.07) is 9.86. The highest BCUT2D eigenvalue weighted by molar-refractivity contribution is 5.70. The van der Waals surface area contributed by atoms with Crippen molar-refractivity contribution in [3.8, 4) is 0 Å². The van der Waals surface area contributed by atoms with Crippen molar-refractivity contribution in [2.75, 3.05) is 6.54 Å². The van der Waals surface area contributed by atoms with E-state index in [0.29, 0.717) is 13.0 Å². The summed E-state index contributed by atoms with van der Waals surface area (Å²) in [4.78, 5) is 12.8. The molecule has 2 rings (SSSR count). The second kappa shape index (κ2) is 4.85. The number of nitrogens with zero attached hydrogens (tertiary/aromatic N) is 1. The lowest BCUT2D eigenvalue weighted by molar-refractivity contribution is -0.141. The van der Waals surface area contributed by atoms with Gasteiger partial charge in [0, 0.05) is 19.0 Å². The van der Waals surface area contributed by atoms with Gasteiger partial charge in [-0.3, -0.25) is 9.69 Å². The van der Waals surface area contributed by atoms with Crippen molar-refractivity contribution in [3.63, 3.8) is 0 Å². The Kier molecular flexibility index (Phi) is 3.45. The number of likely N-dealkylation sites (tertiary alicyclic amines) is 1. The minimum absolute atomic E-state index is 0.0375. The number of aliphatic carboxylic acids is 1. The van der Waals surface area contributed by atoms with Crippen LogP contribution in [-0.2, 0) is 4.79 Å². The first kappa shape index (κ1) is 12.1. The molecule has 0 bridgehead atoms. The van der Waals surface area contributed by atoms with Crippen LogP contribution in [0.15, 0.2) is 30.3 Å². The van der Waals surface area contributed by atoms with E-state index in [1.807, 2.05) is 42.2 Å². The van der Waals surface area contributed by atoms with Crippen LogP contribution < -0.4 is 0 Å². The Morgan fingerprint density at radius 3 is 2.59 bits per heavy atom. The second-order valence-electron chi connectivity index (χ2n) is 4.53. The molecule has 1 aromatic rings. The molecule has 17 heavy (non-hydrogen) atoms. The van der Waals surface area contributed by atoms with Crippen LogP contribution in [0.5, 0.6) is 0 Å². The Balaban J connectivity index is 2.11. The Bertz CT molecular complexity index is 393. The van der Waals surface area contributed by atoms with Crippen LogP contribution in [0.25, 0.3) is 0 Å². The summed E-state index contributed by atoms with van der Waals surface area (Å²) in [5, 5.41) is 18.9. The average molecular weight is 235 g/mol. The fraction of sp³-hybridized carbons (Fsp3) is 0.462. The van der Waals surface area contributed by atoms with Crippen LogP contribution in [0.1, 0.15) is 24.9 Å². The first-order valence-electron chi connectivity index (χ1n) is 5.81. The standard InChI is InChI=1S/C13H17NO3/c1-9(10-5-3-2-4-6-10)14-8-11(13(16)17)7-12(14)15/h2-6,9,11-12,15H,7-8H2,1H3,(H,16,17)/t9-,11-,12?/m1/s1. The number of hydrogen-bond donors (Lipinski definition) is 2. The van der Waals surface area contributed by atoms with E-state index in [1.165, 1.54) is 0 Å². The Morgan fingerprint density at radius 2 is 2.06 bits per heavy atom. The van der Waals surface area contributed by atoms with Gasteiger partial charge in [-0.25, -0.2) is 0 Å². The number of carbonyl (C=O) groups is 1. The molecule has 4 nitrogen and oxygen atoms in total. The zero-order valence-corrected chi connectivity index (χ0v) is 9.78. The molecule has 0 aliphatic carbocycles. The topological polar surface area (TPSA) is 60.8 Å². The van der Waals surface area contributed by atoms with Gasteiger partial charge in [0.15, 0.2) is 0 Å². The summed E-state index contributed by atoms with van der Waals surface area (Å²) in [6.07, 6.45) is -0.349. The molecule has 4 heteroatoms. The maximum Gasteiger partial charge on any atom is 0.307 e. The van der Waals surface area contributed by atoms with Gasteiger partial charge >= 0.3 is 5.97 Å². The van der Waals surface area contributed by atoms with Gasteiger partial charge < -0.3 is 10.2 Å². The summed E-state index contributed by atoms with van der Waals surface area (Å²) >= 11 is 0. The monoisotopic (exact) mass is 235 g/mol. The van der Waals surface area contributed by atoms with E-state index in [9.17, 15) is 9.90 Å². The van der Waals surface area contributed by atoms with Gasteiger partial charge in [-0.15, -0.1) is 0 Å². The highest BCUT2D eigenvalue weighted by Gasteiger charge is 2.37. The summed E-state index contributed by atoms with van der Waals surface area (Å²) in [6.45, 7) is 2.40. The Labute approximate surface area is 100 Å². The molecule has 1 aliphatic rings. The summed E-state index contributed by atoms with van der Waals surface area (Å²) in [7, 11) is 0. The van der Waals surface area contributed by atoms with Crippen molar-refractivity contribution in [3.05, 3.63) is 35.9 Å². The smallest absolute Gasteiger partial charge is 0.307 e. The lowest BCUT2D eigenvalue weighted by Crippen LogP contribution is -2.32. The average Bonchev–Trinajstić information content (AvgIpc) is 2.72. The van der Waals surface area contributed by atoms with Gasteiger partial charge in [0.25, 0.3) is 0 Å². The van der Waals surface area contributed by atoms with Gasteiger partial charge in [0.2, 0.25) is 0 Å². The fourth-order valence-electron chi connectivity index (χ4n) is 2.36. The largest absolute Gasteiger partial charge is 0.481 e. The minimum atomic E-state index is -0.827. The molecular formula is C13H17NO3. The first-order valence-corrected chi connectivity index (χ1v) is 5.81. The third kappa shape index (κ3) is 2.48. The van der Waals surface area contributed by atoms with E-state index < -0.39 is 18.1 Å². The number of carboxylic acid groups (broad SMARTS) is 1. The third-order valence-electron chi connectivity index (χ3n) is 3.44. The SMILES string of the molecule is C[C@H](c1ccccc1)N1C[C@H](C(=O)O)CC1O. The van der Waals surface area contributed by atoms with Gasteiger partial charge in [-0.05, 0) is 12.5 Å². The number of hydrogen-bond acceptors (Lipinski definition) is 3. The molecule has 92 valence electrons. The summed E-state index contributed by atoms with van der Waals surface area (Å²) in [5.74, 6) is -1.29. The maximum atomic E-state index is 10.9. The van der Waals surface area contributed by atoms with E-state index >= 15 is 0 Å². The van der Waals surface area contributed by atoms with Crippen molar-refractivity contribution >= 4 is 5.97 Å². The van der Waals surface area contributed by atoms with Gasteiger partial charge in [0.1, 0.15) is 6.23 Å². The fourth-order valence-corrected chi connectivity index (χ4v) is 2.36. The van der Waals surface area contributed by atoms with E-state index in [2.05, 4.69) is 0 Å². The molecule has 0 amide bonds. The molecule has 0 aromatic heterocycles. The lowest BCUT2D eigenvalue weighted by atomic mass is 10.1. The third-order valence-corrected chi connectivity index (χ3v) is 3.44. The van der Waals surface area contributed by atoms with E-state index in [4.69, 9.17) is 5.11 Å². The molecule has 1 aliphatic heterocycles. The molecule has 0 radical (unpaired) electrons. The highest BCUT2D eigenvalue weighted by Crippen LogP contribution is 2.30. The number of aliphatic hydroxyl groups is 1. The molecule has 1 fully saturated rings. The second-order valence-corrected chi connectivity index (χ2v) is 4.53. The van der Waals surface area contributed by atoms with E-state index in [0.717, 1.165) is 5.56 Å². The molecule has 1 unspecified atom stereocenters. The zero-order chi connectivity index (χ0) is 12.4. The van der Waals surface area contributed by atoms with Crippen LogP contribution in [-0.4, -0.2) is 33.9 Å². The quantitative estimate of drug-likeness (QED) is 0.833. The molecule has 0 saturated carbocycles. The molecule has 1 aromatic carbocycles. The van der Waals surface area contributed by atoms with Gasteiger partial charge in [-0.1, -0.05) is 30.3 Å². The van der Waals surface area contributed by atoms with Crippen LogP contribution in [0.4, 0.5) is 0 Å². The predicted molar refractivity (Wildman–Crippen MR) is 63.3 cm³/mol. The van der Waals surface area contributed by atoms with Gasteiger partial charge in [-0.2, -0.15) is 0 Å². The molecule has 1 heterocycles. The summed E-state index contributed by atoms with van der Waals surface area (Å²) < 4.78 is 0. The van der Waals surface area contributed by atoms with Crippen molar-refractivity contribution in [1.29, 1.82) is 0 Å². The van der Waals surface area contributed by atoms with E-state index in [-0.39, 0.29) is 6.04 Å². The van der Waals surface area contributed by atoms with Crippen molar-refractivity contribution in [1.82, 2.24) is 4.90 Å². The minimum Gasteiger partial charge on any atom is -0.481 e. The predicted octanol–water partition coefficient (Wildman–Crippen LogP) is 1.47. The molecule has 1 saturated heterocycles. The molecule has 2 N–H and O–H groups in total. The molecular weight excluding hydrogens is 218 g/mol. The zero-order valence-electron chi connectivity index (χ0n) is 9.78. The Morgan fingerprint density at radius 1 is 1.41 bits per heavy atom. The van der Waals surface area contributed by atoms with Crippen LogP contribution in [0.2, 0.25) is 0 Å². The normalized spacial score (nSPS) is 26.9. The molecule has 0 spiro atoms.